The van der Waals surface area contributed by atoms with Crippen LogP contribution >= 0.6 is 0 Å². The molecule has 0 spiro atoms. The van der Waals surface area contributed by atoms with Gasteiger partial charge in [-0.3, -0.25) is 4.79 Å². The van der Waals surface area contributed by atoms with Crippen LogP contribution < -0.4 is 4.74 Å². The minimum Gasteiger partial charge on any atom is -0.504 e. The number of aliphatic hydroxyl groups excluding tert-OH is 1. The quantitative estimate of drug-likeness (QED) is 0.748. The molecule has 1 atom stereocenters. The van der Waals surface area contributed by atoms with Gasteiger partial charge in [0.1, 0.15) is 0 Å². The highest BCUT2D eigenvalue weighted by molar-refractivity contribution is 5.78. The molecular formula is C15H22O5. The number of aryl methyl sites for hydroxylation is 1. The zero-order valence-corrected chi connectivity index (χ0v) is 12.2. The molecule has 0 amide bonds. The monoisotopic (exact) mass is 282 g/mol. The van der Waals surface area contributed by atoms with Crippen molar-refractivity contribution in [2.45, 2.75) is 32.6 Å². The third-order valence-electron chi connectivity index (χ3n) is 3.15. The molecule has 0 aliphatic heterocycles. The van der Waals surface area contributed by atoms with Gasteiger partial charge < -0.3 is 19.7 Å². The van der Waals surface area contributed by atoms with E-state index in [4.69, 9.17) is 14.6 Å². The molecule has 0 saturated heterocycles. The summed E-state index contributed by atoms with van der Waals surface area (Å²) < 4.78 is 10.1. The fraction of sp³-hybridized carbons (Fsp3) is 0.533. The van der Waals surface area contributed by atoms with Crippen LogP contribution in [0.3, 0.4) is 0 Å². The Labute approximate surface area is 119 Å². The van der Waals surface area contributed by atoms with Gasteiger partial charge in [-0.25, -0.2) is 0 Å². The van der Waals surface area contributed by atoms with Gasteiger partial charge in [0.25, 0.3) is 0 Å². The molecule has 1 aromatic rings. The molecule has 0 bridgehead atoms. The first-order valence-electron chi connectivity index (χ1n) is 6.72. The molecule has 20 heavy (non-hydrogen) atoms. The number of phenolic OH excluding ortho intramolecular Hbond substituents is 1. The van der Waals surface area contributed by atoms with Crippen LogP contribution in [0.1, 0.15) is 37.3 Å². The van der Waals surface area contributed by atoms with E-state index in [1.54, 1.807) is 19.9 Å². The first-order chi connectivity index (χ1) is 9.54. The van der Waals surface area contributed by atoms with E-state index in [0.29, 0.717) is 30.8 Å². The number of hydrogen-bond donors (Lipinski definition) is 2. The van der Waals surface area contributed by atoms with Crippen LogP contribution in [-0.4, -0.2) is 36.5 Å². The molecule has 1 unspecified atom stereocenters. The van der Waals surface area contributed by atoms with Gasteiger partial charge in [-0.15, -0.1) is 0 Å². The number of benzene rings is 1. The van der Waals surface area contributed by atoms with Crippen molar-refractivity contribution in [3.05, 3.63) is 23.3 Å². The Kier molecular flexibility index (Phi) is 6.31. The number of esters is 1. The van der Waals surface area contributed by atoms with Gasteiger partial charge in [-0.05, 0) is 49.9 Å². The smallest absolute Gasteiger partial charge is 0.313 e. The van der Waals surface area contributed by atoms with Gasteiger partial charge in [0.15, 0.2) is 11.5 Å². The predicted octanol–water partition coefficient (Wildman–Crippen LogP) is 1.99. The van der Waals surface area contributed by atoms with E-state index < -0.39 is 5.92 Å². The molecule has 1 rings (SSSR count). The largest absolute Gasteiger partial charge is 0.504 e. The highest BCUT2D eigenvalue weighted by Gasteiger charge is 2.21. The maximum Gasteiger partial charge on any atom is 0.313 e. The van der Waals surface area contributed by atoms with Crippen molar-refractivity contribution in [3.63, 3.8) is 0 Å². The Morgan fingerprint density at radius 1 is 1.40 bits per heavy atom. The van der Waals surface area contributed by atoms with E-state index in [0.717, 1.165) is 5.56 Å². The zero-order valence-electron chi connectivity index (χ0n) is 12.2. The molecular weight excluding hydrogens is 260 g/mol. The number of ether oxygens (including phenoxy) is 2. The van der Waals surface area contributed by atoms with Crippen molar-refractivity contribution in [1.29, 1.82) is 0 Å². The summed E-state index contributed by atoms with van der Waals surface area (Å²) in [7, 11) is 1.47. The standard InChI is InChI=1S/C15H22O5/c1-4-20-15(18)10(2)12-9-13(17)14(19-3)8-11(12)6-5-7-16/h8-10,16-17H,4-7H2,1-3H3. The fourth-order valence-electron chi connectivity index (χ4n) is 2.07. The van der Waals surface area contributed by atoms with Crippen molar-refractivity contribution >= 4 is 5.97 Å². The summed E-state index contributed by atoms with van der Waals surface area (Å²) in [6.45, 7) is 3.87. The third-order valence-corrected chi connectivity index (χ3v) is 3.15. The Balaban J connectivity index is 3.14. The second-order valence-electron chi connectivity index (χ2n) is 4.52. The second-order valence-corrected chi connectivity index (χ2v) is 4.52. The number of hydrogen-bond acceptors (Lipinski definition) is 5. The van der Waals surface area contributed by atoms with E-state index in [-0.39, 0.29) is 18.3 Å². The highest BCUT2D eigenvalue weighted by atomic mass is 16.5. The van der Waals surface area contributed by atoms with Crippen molar-refractivity contribution in [2.24, 2.45) is 0 Å². The molecule has 0 radical (unpaired) electrons. The van der Waals surface area contributed by atoms with Gasteiger partial charge in [0.2, 0.25) is 0 Å². The number of rotatable bonds is 7. The molecule has 5 heteroatoms. The molecule has 0 heterocycles. The van der Waals surface area contributed by atoms with Gasteiger partial charge in [-0.2, -0.15) is 0 Å². The lowest BCUT2D eigenvalue weighted by Crippen LogP contribution is -2.15. The van der Waals surface area contributed by atoms with Crippen LogP contribution in [0.15, 0.2) is 12.1 Å². The topological polar surface area (TPSA) is 76.0 Å². The number of aliphatic hydroxyl groups is 1. The summed E-state index contributed by atoms with van der Waals surface area (Å²) in [4.78, 5) is 11.9. The lowest BCUT2D eigenvalue weighted by molar-refractivity contribution is -0.144. The van der Waals surface area contributed by atoms with Crippen LogP contribution in [-0.2, 0) is 16.0 Å². The minimum atomic E-state index is -0.472. The summed E-state index contributed by atoms with van der Waals surface area (Å²) in [6.07, 6.45) is 1.18. The third kappa shape index (κ3) is 3.87. The van der Waals surface area contributed by atoms with E-state index >= 15 is 0 Å². The van der Waals surface area contributed by atoms with Crippen LogP contribution in [0.5, 0.6) is 11.5 Å². The maximum atomic E-state index is 11.9. The second kappa shape index (κ2) is 7.75. The first kappa shape index (κ1) is 16.3. The minimum absolute atomic E-state index is 0.00797. The maximum absolute atomic E-state index is 11.9. The van der Waals surface area contributed by atoms with Crippen molar-refractivity contribution in [3.8, 4) is 11.5 Å². The number of carbonyl (C=O) groups excluding carboxylic acids is 1. The normalized spacial score (nSPS) is 12.0. The molecule has 112 valence electrons. The average molecular weight is 282 g/mol. The van der Waals surface area contributed by atoms with Crippen molar-refractivity contribution in [1.82, 2.24) is 0 Å². The average Bonchev–Trinajstić information content (AvgIpc) is 2.45. The molecule has 2 N–H and O–H groups in total. The van der Waals surface area contributed by atoms with E-state index in [1.807, 2.05) is 0 Å². The first-order valence-corrected chi connectivity index (χ1v) is 6.72. The van der Waals surface area contributed by atoms with Crippen LogP contribution in [0.4, 0.5) is 0 Å². The Morgan fingerprint density at radius 2 is 2.10 bits per heavy atom. The zero-order chi connectivity index (χ0) is 15.1. The molecule has 0 fully saturated rings. The summed E-state index contributed by atoms with van der Waals surface area (Å²) in [5.74, 6) is -0.452. The van der Waals surface area contributed by atoms with Gasteiger partial charge in [0, 0.05) is 6.61 Å². The van der Waals surface area contributed by atoms with Gasteiger partial charge in [0.05, 0.1) is 19.6 Å². The Hall–Kier alpha value is -1.75. The van der Waals surface area contributed by atoms with E-state index in [1.165, 1.54) is 13.2 Å². The predicted molar refractivity (Wildman–Crippen MR) is 75.1 cm³/mol. The molecule has 5 nitrogen and oxygen atoms in total. The molecule has 0 aliphatic carbocycles. The lowest BCUT2D eigenvalue weighted by atomic mass is 9.92. The molecule has 0 aromatic heterocycles. The fourth-order valence-corrected chi connectivity index (χ4v) is 2.07. The van der Waals surface area contributed by atoms with Gasteiger partial charge >= 0.3 is 5.97 Å². The van der Waals surface area contributed by atoms with Gasteiger partial charge in [-0.1, -0.05) is 0 Å². The lowest BCUT2D eigenvalue weighted by Gasteiger charge is -2.17. The Morgan fingerprint density at radius 3 is 2.65 bits per heavy atom. The summed E-state index contributed by atoms with van der Waals surface area (Å²) >= 11 is 0. The summed E-state index contributed by atoms with van der Waals surface area (Å²) in [6, 6.07) is 3.24. The molecule has 0 saturated carbocycles. The van der Waals surface area contributed by atoms with Crippen molar-refractivity contribution in [2.75, 3.05) is 20.3 Å². The SMILES string of the molecule is CCOC(=O)C(C)c1cc(O)c(OC)cc1CCCO. The number of methoxy groups -OCH3 is 1. The van der Waals surface area contributed by atoms with Crippen LogP contribution in [0, 0.1) is 0 Å². The number of phenols is 1. The number of carbonyl (C=O) groups is 1. The van der Waals surface area contributed by atoms with Crippen molar-refractivity contribution < 1.29 is 24.5 Å². The highest BCUT2D eigenvalue weighted by Crippen LogP contribution is 2.34. The van der Waals surface area contributed by atoms with E-state index in [2.05, 4.69) is 0 Å². The molecule has 0 aliphatic rings. The van der Waals surface area contributed by atoms with Crippen LogP contribution in [0.2, 0.25) is 0 Å². The van der Waals surface area contributed by atoms with E-state index in [9.17, 15) is 9.90 Å². The number of aromatic hydroxyl groups is 1. The molecule has 1 aromatic carbocycles. The summed E-state index contributed by atoms with van der Waals surface area (Å²) in [5.41, 5.74) is 1.57. The summed E-state index contributed by atoms with van der Waals surface area (Å²) in [5, 5.41) is 18.8. The van der Waals surface area contributed by atoms with Crippen LogP contribution in [0.25, 0.3) is 0 Å². The Bertz CT molecular complexity index is 456.